The van der Waals surface area contributed by atoms with Crippen molar-refractivity contribution in [3.63, 3.8) is 0 Å². The Morgan fingerprint density at radius 3 is 2.19 bits per heavy atom. The zero-order chi connectivity index (χ0) is 15.1. The monoisotopic (exact) mass is 435 g/mol. The SMILES string of the molecule is O=S(=O)(c1ccc(Br)cc1Br)N1CCC2(CCCC2)CC1. The van der Waals surface area contributed by atoms with Gasteiger partial charge in [-0.1, -0.05) is 28.8 Å². The molecular formula is C15H19Br2NO2S. The lowest BCUT2D eigenvalue weighted by Crippen LogP contribution is -2.42. The van der Waals surface area contributed by atoms with Gasteiger partial charge in [0.2, 0.25) is 10.0 Å². The third-order valence-electron chi connectivity index (χ3n) is 4.96. The summed E-state index contributed by atoms with van der Waals surface area (Å²) in [6.45, 7) is 1.32. The molecular weight excluding hydrogens is 418 g/mol. The van der Waals surface area contributed by atoms with E-state index < -0.39 is 10.0 Å². The highest BCUT2D eigenvalue weighted by molar-refractivity contribution is 9.11. The highest BCUT2D eigenvalue weighted by Gasteiger charge is 2.40. The van der Waals surface area contributed by atoms with Crippen molar-refractivity contribution in [3.05, 3.63) is 27.1 Å². The summed E-state index contributed by atoms with van der Waals surface area (Å²) in [6, 6.07) is 5.23. The first kappa shape index (κ1) is 16.0. The number of benzene rings is 1. The molecule has 0 amide bonds. The Labute approximate surface area is 143 Å². The summed E-state index contributed by atoms with van der Waals surface area (Å²) < 4.78 is 28.8. The number of hydrogen-bond donors (Lipinski definition) is 0. The van der Waals surface area contributed by atoms with E-state index in [9.17, 15) is 8.42 Å². The van der Waals surface area contributed by atoms with Crippen LogP contribution in [0, 0.1) is 5.41 Å². The van der Waals surface area contributed by atoms with E-state index in [2.05, 4.69) is 31.9 Å². The van der Waals surface area contributed by atoms with Crippen LogP contribution in [0.4, 0.5) is 0 Å². The van der Waals surface area contributed by atoms with Gasteiger partial charge < -0.3 is 0 Å². The maximum atomic E-state index is 12.8. The minimum atomic E-state index is -3.39. The van der Waals surface area contributed by atoms with Gasteiger partial charge in [-0.2, -0.15) is 4.31 Å². The molecule has 1 aromatic rings. The van der Waals surface area contributed by atoms with Crippen LogP contribution >= 0.6 is 31.9 Å². The maximum absolute atomic E-state index is 12.8. The maximum Gasteiger partial charge on any atom is 0.244 e. The predicted octanol–water partition coefficient (Wildman–Crippen LogP) is 4.56. The van der Waals surface area contributed by atoms with E-state index in [1.165, 1.54) is 25.7 Å². The van der Waals surface area contributed by atoms with Gasteiger partial charge in [0.15, 0.2) is 0 Å². The molecule has 0 aromatic heterocycles. The van der Waals surface area contributed by atoms with Crippen molar-refractivity contribution in [3.8, 4) is 0 Å². The Balaban J connectivity index is 1.80. The minimum Gasteiger partial charge on any atom is -0.207 e. The lowest BCUT2D eigenvalue weighted by Gasteiger charge is -2.38. The number of hydrogen-bond acceptors (Lipinski definition) is 2. The lowest BCUT2D eigenvalue weighted by atomic mass is 9.78. The molecule has 1 saturated heterocycles. The van der Waals surface area contributed by atoms with E-state index in [1.807, 2.05) is 0 Å². The van der Waals surface area contributed by atoms with E-state index in [-0.39, 0.29) is 0 Å². The average molecular weight is 437 g/mol. The first-order valence-electron chi connectivity index (χ1n) is 7.38. The summed E-state index contributed by atoms with van der Waals surface area (Å²) in [7, 11) is -3.39. The second-order valence-electron chi connectivity index (χ2n) is 6.19. The topological polar surface area (TPSA) is 37.4 Å². The zero-order valence-corrected chi connectivity index (χ0v) is 15.8. The largest absolute Gasteiger partial charge is 0.244 e. The molecule has 1 spiro atoms. The minimum absolute atomic E-state index is 0.369. The fourth-order valence-electron chi connectivity index (χ4n) is 3.65. The van der Waals surface area contributed by atoms with Crippen LogP contribution in [0.15, 0.2) is 32.0 Å². The fourth-order valence-corrected chi connectivity index (χ4v) is 6.80. The predicted molar refractivity (Wildman–Crippen MR) is 90.7 cm³/mol. The third-order valence-corrected chi connectivity index (χ3v) is 8.33. The van der Waals surface area contributed by atoms with Crippen LogP contribution in [0.5, 0.6) is 0 Å². The van der Waals surface area contributed by atoms with Crippen LogP contribution in [0.1, 0.15) is 38.5 Å². The van der Waals surface area contributed by atoms with Crippen molar-refractivity contribution in [1.82, 2.24) is 4.31 Å². The Kier molecular flexibility index (Phi) is 4.52. The molecule has 1 aliphatic carbocycles. The molecule has 2 aliphatic rings. The van der Waals surface area contributed by atoms with Crippen LogP contribution in [0.2, 0.25) is 0 Å². The molecule has 21 heavy (non-hydrogen) atoms. The molecule has 0 unspecified atom stereocenters. The Hall–Kier alpha value is 0.0900. The van der Waals surface area contributed by atoms with Gasteiger partial charge in [-0.05, 0) is 65.2 Å². The Morgan fingerprint density at radius 2 is 1.62 bits per heavy atom. The standard InChI is InChI=1S/C15H19Br2NO2S/c16-12-3-4-14(13(17)11-12)21(19,20)18-9-7-15(8-10-18)5-1-2-6-15/h3-4,11H,1-2,5-10H2. The molecule has 6 heteroatoms. The number of piperidine rings is 1. The third kappa shape index (κ3) is 3.09. The molecule has 0 bridgehead atoms. The molecule has 1 aromatic carbocycles. The summed E-state index contributed by atoms with van der Waals surface area (Å²) in [6.07, 6.45) is 7.21. The Bertz CT molecular complexity index is 629. The number of nitrogens with zero attached hydrogens (tertiary/aromatic N) is 1. The van der Waals surface area contributed by atoms with Crippen LogP contribution in [-0.2, 0) is 10.0 Å². The van der Waals surface area contributed by atoms with Crippen molar-refractivity contribution in [1.29, 1.82) is 0 Å². The molecule has 0 radical (unpaired) electrons. The fraction of sp³-hybridized carbons (Fsp3) is 0.600. The highest BCUT2D eigenvalue weighted by Crippen LogP contribution is 2.47. The van der Waals surface area contributed by atoms with E-state index >= 15 is 0 Å². The van der Waals surface area contributed by atoms with E-state index in [4.69, 9.17) is 0 Å². The van der Waals surface area contributed by atoms with Crippen molar-refractivity contribution in [2.75, 3.05) is 13.1 Å². The van der Waals surface area contributed by atoms with Crippen LogP contribution in [-0.4, -0.2) is 25.8 Å². The summed E-state index contributed by atoms with van der Waals surface area (Å²) in [5.41, 5.74) is 0.434. The van der Waals surface area contributed by atoms with E-state index in [1.54, 1.807) is 22.5 Å². The van der Waals surface area contributed by atoms with Crippen molar-refractivity contribution >= 4 is 41.9 Å². The van der Waals surface area contributed by atoms with E-state index in [0.29, 0.717) is 27.9 Å². The van der Waals surface area contributed by atoms with Gasteiger partial charge >= 0.3 is 0 Å². The molecule has 3 nitrogen and oxygen atoms in total. The summed E-state index contributed by atoms with van der Waals surface area (Å²) in [4.78, 5) is 0.369. The van der Waals surface area contributed by atoms with Crippen molar-refractivity contribution < 1.29 is 8.42 Å². The smallest absolute Gasteiger partial charge is 0.207 e. The van der Waals surface area contributed by atoms with Gasteiger partial charge in [-0.25, -0.2) is 8.42 Å². The second kappa shape index (κ2) is 5.95. The van der Waals surface area contributed by atoms with Gasteiger partial charge in [-0.3, -0.25) is 0 Å². The normalized spacial score (nSPS) is 22.8. The van der Waals surface area contributed by atoms with Gasteiger partial charge in [0.05, 0.1) is 4.90 Å². The number of sulfonamides is 1. The summed E-state index contributed by atoms with van der Waals surface area (Å²) in [5.74, 6) is 0. The van der Waals surface area contributed by atoms with Crippen LogP contribution in [0.3, 0.4) is 0 Å². The highest BCUT2D eigenvalue weighted by atomic mass is 79.9. The molecule has 1 heterocycles. The van der Waals surface area contributed by atoms with Crippen LogP contribution in [0.25, 0.3) is 0 Å². The molecule has 1 aliphatic heterocycles. The quantitative estimate of drug-likeness (QED) is 0.681. The molecule has 2 fully saturated rings. The molecule has 0 N–H and O–H groups in total. The Morgan fingerprint density at radius 1 is 1.00 bits per heavy atom. The van der Waals surface area contributed by atoms with Crippen molar-refractivity contribution in [2.24, 2.45) is 5.41 Å². The summed E-state index contributed by atoms with van der Waals surface area (Å²) >= 11 is 6.73. The van der Waals surface area contributed by atoms with E-state index in [0.717, 1.165) is 17.3 Å². The number of rotatable bonds is 2. The molecule has 0 atom stereocenters. The van der Waals surface area contributed by atoms with Gasteiger partial charge in [0.25, 0.3) is 0 Å². The van der Waals surface area contributed by atoms with Gasteiger partial charge in [0.1, 0.15) is 0 Å². The van der Waals surface area contributed by atoms with Gasteiger partial charge in [0, 0.05) is 22.0 Å². The first-order valence-corrected chi connectivity index (χ1v) is 10.4. The lowest BCUT2D eigenvalue weighted by molar-refractivity contribution is 0.160. The number of halogens is 2. The second-order valence-corrected chi connectivity index (χ2v) is 9.86. The van der Waals surface area contributed by atoms with Gasteiger partial charge in [-0.15, -0.1) is 0 Å². The molecule has 3 rings (SSSR count). The average Bonchev–Trinajstić information content (AvgIpc) is 2.87. The van der Waals surface area contributed by atoms with Crippen molar-refractivity contribution in [2.45, 2.75) is 43.4 Å². The summed E-state index contributed by atoms with van der Waals surface area (Å²) in [5, 5.41) is 0. The van der Waals surface area contributed by atoms with Crippen LogP contribution < -0.4 is 0 Å². The first-order chi connectivity index (χ1) is 9.93. The molecule has 1 saturated carbocycles. The molecule has 116 valence electrons. The zero-order valence-electron chi connectivity index (χ0n) is 11.8.